The highest BCUT2D eigenvalue weighted by atomic mass is 16.2. The summed E-state index contributed by atoms with van der Waals surface area (Å²) in [6.45, 7) is 10.2. The first kappa shape index (κ1) is 13.3. The second-order valence-corrected chi connectivity index (χ2v) is 5.00. The zero-order valence-electron chi connectivity index (χ0n) is 10.7. The molecule has 3 nitrogen and oxygen atoms in total. The molecule has 0 unspecified atom stereocenters. The average Bonchev–Trinajstić information content (AvgIpc) is 2.23. The molecule has 0 heterocycles. The average molecular weight is 232 g/mol. The van der Waals surface area contributed by atoms with E-state index in [1.807, 2.05) is 20.8 Å². The van der Waals surface area contributed by atoms with Crippen molar-refractivity contribution < 1.29 is 4.79 Å². The number of hydrogen-bond donors (Lipinski definition) is 1. The zero-order chi connectivity index (χ0) is 13.1. The predicted molar refractivity (Wildman–Crippen MR) is 71.8 cm³/mol. The quantitative estimate of drug-likeness (QED) is 0.643. The van der Waals surface area contributed by atoms with Crippen molar-refractivity contribution in [3.8, 4) is 0 Å². The van der Waals surface area contributed by atoms with Crippen LogP contribution in [0.3, 0.4) is 0 Å². The smallest absolute Gasteiger partial charge is 0.254 e. The SMILES string of the molecule is C=CCN(C(=O)c1cccc(N)c1)C(C)(C)C. The van der Waals surface area contributed by atoms with Gasteiger partial charge in [-0.1, -0.05) is 12.1 Å². The van der Waals surface area contributed by atoms with Crippen molar-refractivity contribution in [1.82, 2.24) is 4.90 Å². The minimum Gasteiger partial charge on any atom is -0.399 e. The Bertz CT molecular complexity index is 418. The minimum absolute atomic E-state index is 0.0234. The molecule has 0 aliphatic rings. The van der Waals surface area contributed by atoms with Gasteiger partial charge in [0.2, 0.25) is 0 Å². The summed E-state index contributed by atoms with van der Waals surface area (Å²) in [6, 6.07) is 7.04. The number of nitrogens with two attached hydrogens (primary N) is 1. The number of carbonyl (C=O) groups excluding carboxylic acids is 1. The first-order valence-corrected chi connectivity index (χ1v) is 5.64. The Hall–Kier alpha value is -1.77. The van der Waals surface area contributed by atoms with Gasteiger partial charge in [-0.05, 0) is 39.0 Å². The predicted octanol–water partition coefficient (Wildman–Crippen LogP) is 2.70. The molecule has 3 heteroatoms. The number of carbonyl (C=O) groups is 1. The van der Waals surface area contributed by atoms with Gasteiger partial charge in [0.15, 0.2) is 0 Å². The van der Waals surface area contributed by atoms with Gasteiger partial charge >= 0.3 is 0 Å². The normalized spacial score (nSPS) is 11.0. The van der Waals surface area contributed by atoms with Crippen LogP contribution < -0.4 is 5.73 Å². The summed E-state index contributed by atoms with van der Waals surface area (Å²) in [5.74, 6) is -0.0234. The van der Waals surface area contributed by atoms with Gasteiger partial charge in [-0.15, -0.1) is 6.58 Å². The van der Waals surface area contributed by atoms with E-state index in [-0.39, 0.29) is 11.4 Å². The molecule has 1 rings (SSSR count). The molecular weight excluding hydrogens is 212 g/mol. The van der Waals surface area contributed by atoms with E-state index in [9.17, 15) is 4.79 Å². The van der Waals surface area contributed by atoms with Crippen LogP contribution in [0.25, 0.3) is 0 Å². The molecule has 0 atom stereocenters. The number of benzene rings is 1. The van der Waals surface area contributed by atoms with Crippen molar-refractivity contribution in [2.75, 3.05) is 12.3 Å². The van der Waals surface area contributed by atoms with Crippen LogP contribution in [-0.4, -0.2) is 22.9 Å². The van der Waals surface area contributed by atoms with Gasteiger partial charge in [0.25, 0.3) is 5.91 Å². The molecule has 0 aromatic heterocycles. The monoisotopic (exact) mass is 232 g/mol. The van der Waals surface area contributed by atoms with Crippen molar-refractivity contribution in [2.45, 2.75) is 26.3 Å². The fourth-order valence-corrected chi connectivity index (χ4v) is 1.62. The van der Waals surface area contributed by atoms with Crippen molar-refractivity contribution in [3.63, 3.8) is 0 Å². The highest BCUT2D eigenvalue weighted by molar-refractivity contribution is 5.95. The summed E-state index contributed by atoms with van der Waals surface area (Å²) in [5, 5.41) is 0. The number of amides is 1. The number of anilines is 1. The van der Waals surface area contributed by atoms with Crippen molar-refractivity contribution >= 4 is 11.6 Å². The van der Waals surface area contributed by atoms with Crippen LogP contribution in [0, 0.1) is 0 Å². The second-order valence-electron chi connectivity index (χ2n) is 5.00. The Balaban J connectivity index is 3.04. The van der Waals surface area contributed by atoms with Crippen LogP contribution in [-0.2, 0) is 0 Å². The Morgan fingerprint density at radius 1 is 1.47 bits per heavy atom. The molecule has 0 bridgehead atoms. The van der Waals surface area contributed by atoms with Crippen molar-refractivity contribution in [1.29, 1.82) is 0 Å². The van der Waals surface area contributed by atoms with E-state index in [4.69, 9.17) is 5.73 Å². The van der Waals surface area contributed by atoms with Gasteiger partial charge in [0, 0.05) is 23.3 Å². The Kier molecular flexibility index (Phi) is 3.94. The summed E-state index contributed by atoms with van der Waals surface area (Å²) in [6.07, 6.45) is 1.73. The Morgan fingerprint density at radius 3 is 2.59 bits per heavy atom. The van der Waals surface area contributed by atoms with E-state index >= 15 is 0 Å². The van der Waals surface area contributed by atoms with Gasteiger partial charge in [-0.3, -0.25) is 4.79 Å². The first-order valence-electron chi connectivity index (χ1n) is 5.64. The molecule has 2 N–H and O–H groups in total. The van der Waals surface area contributed by atoms with Crippen molar-refractivity contribution in [3.05, 3.63) is 42.5 Å². The summed E-state index contributed by atoms with van der Waals surface area (Å²) in [7, 11) is 0. The summed E-state index contributed by atoms with van der Waals surface area (Å²) in [4.78, 5) is 14.1. The standard InChI is InChI=1S/C14H20N2O/c1-5-9-16(14(2,3)4)13(17)11-7-6-8-12(15)10-11/h5-8,10H,1,9,15H2,2-4H3. The van der Waals surface area contributed by atoms with Crippen LogP contribution in [0.4, 0.5) is 5.69 Å². The largest absolute Gasteiger partial charge is 0.399 e. The van der Waals surface area contributed by atoms with E-state index in [0.29, 0.717) is 17.8 Å². The maximum atomic E-state index is 12.4. The summed E-state index contributed by atoms with van der Waals surface area (Å²) >= 11 is 0. The molecule has 1 aromatic rings. The maximum absolute atomic E-state index is 12.4. The lowest BCUT2D eigenvalue weighted by molar-refractivity contribution is 0.0616. The molecule has 92 valence electrons. The minimum atomic E-state index is -0.240. The molecule has 0 spiro atoms. The molecule has 17 heavy (non-hydrogen) atoms. The summed E-state index contributed by atoms with van der Waals surface area (Å²) < 4.78 is 0. The molecule has 0 aliphatic heterocycles. The fraction of sp³-hybridized carbons (Fsp3) is 0.357. The maximum Gasteiger partial charge on any atom is 0.254 e. The molecule has 0 aliphatic carbocycles. The third-order valence-electron chi connectivity index (χ3n) is 2.50. The molecular formula is C14H20N2O. The van der Waals surface area contributed by atoms with Gasteiger partial charge < -0.3 is 10.6 Å². The molecule has 0 saturated heterocycles. The van der Waals surface area contributed by atoms with Crippen molar-refractivity contribution in [2.24, 2.45) is 0 Å². The molecule has 0 fully saturated rings. The third-order valence-corrected chi connectivity index (χ3v) is 2.50. The summed E-state index contributed by atoms with van der Waals surface area (Å²) in [5.41, 5.74) is 6.66. The van der Waals surface area contributed by atoms with Gasteiger partial charge in [-0.25, -0.2) is 0 Å². The topological polar surface area (TPSA) is 46.3 Å². The number of rotatable bonds is 3. The van der Waals surface area contributed by atoms with Crippen LogP contribution in [0.2, 0.25) is 0 Å². The number of hydrogen-bond acceptors (Lipinski definition) is 2. The van der Waals surface area contributed by atoms with Gasteiger partial charge in [0.1, 0.15) is 0 Å². The van der Waals surface area contributed by atoms with Crippen LogP contribution in [0.15, 0.2) is 36.9 Å². The molecule has 0 radical (unpaired) electrons. The second kappa shape index (κ2) is 5.04. The van der Waals surface area contributed by atoms with E-state index in [2.05, 4.69) is 6.58 Å². The molecule has 0 saturated carbocycles. The van der Waals surface area contributed by atoms with E-state index < -0.39 is 0 Å². The Morgan fingerprint density at radius 2 is 2.12 bits per heavy atom. The first-order chi connectivity index (χ1) is 7.86. The van der Waals surface area contributed by atoms with Crippen LogP contribution in [0.5, 0.6) is 0 Å². The van der Waals surface area contributed by atoms with Gasteiger partial charge in [-0.2, -0.15) is 0 Å². The van der Waals surface area contributed by atoms with Crippen LogP contribution in [0.1, 0.15) is 31.1 Å². The number of nitrogen functional groups attached to an aromatic ring is 1. The van der Waals surface area contributed by atoms with E-state index in [1.54, 1.807) is 35.2 Å². The third kappa shape index (κ3) is 3.34. The highest BCUT2D eigenvalue weighted by Gasteiger charge is 2.26. The lowest BCUT2D eigenvalue weighted by Crippen LogP contribution is -2.45. The number of nitrogens with zero attached hydrogens (tertiary/aromatic N) is 1. The van der Waals surface area contributed by atoms with E-state index in [1.165, 1.54) is 0 Å². The Labute approximate surface area is 103 Å². The van der Waals surface area contributed by atoms with E-state index in [0.717, 1.165) is 0 Å². The lowest BCUT2D eigenvalue weighted by atomic mass is 10.0. The van der Waals surface area contributed by atoms with Gasteiger partial charge in [0.05, 0.1) is 0 Å². The fourth-order valence-electron chi connectivity index (χ4n) is 1.62. The van der Waals surface area contributed by atoms with Crippen LogP contribution >= 0.6 is 0 Å². The zero-order valence-corrected chi connectivity index (χ0v) is 10.7. The lowest BCUT2D eigenvalue weighted by Gasteiger charge is -2.35. The highest BCUT2D eigenvalue weighted by Crippen LogP contribution is 2.18. The molecule has 1 aromatic carbocycles. The molecule has 1 amide bonds.